The molecule has 0 radical (unpaired) electrons. The van der Waals surface area contributed by atoms with Crippen LogP contribution in [0.25, 0.3) is 0 Å². The molecule has 3 heteroatoms. The lowest BCUT2D eigenvalue weighted by molar-refractivity contribution is -0.131. The van der Waals surface area contributed by atoms with Gasteiger partial charge in [0.15, 0.2) is 0 Å². The number of carbonyl (C=O) groups excluding carboxylic acids is 1. The van der Waals surface area contributed by atoms with E-state index in [0.717, 1.165) is 44.8 Å². The lowest BCUT2D eigenvalue weighted by atomic mass is 9.80. The molecule has 1 amide bonds. The van der Waals surface area contributed by atoms with E-state index in [-0.39, 0.29) is 11.3 Å². The van der Waals surface area contributed by atoms with E-state index in [1.165, 1.54) is 25.7 Å². The summed E-state index contributed by atoms with van der Waals surface area (Å²) in [5.41, 5.74) is -0.136. The van der Waals surface area contributed by atoms with Crippen molar-refractivity contribution in [1.82, 2.24) is 10.6 Å². The highest BCUT2D eigenvalue weighted by molar-refractivity contribution is 5.82. The first kappa shape index (κ1) is 16.5. The van der Waals surface area contributed by atoms with Gasteiger partial charge in [-0.25, -0.2) is 0 Å². The molecule has 0 aliphatic carbocycles. The quantitative estimate of drug-likeness (QED) is 0.664. The van der Waals surface area contributed by atoms with Gasteiger partial charge in [-0.05, 0) is 38.3 Å². The molecule has 19 heavy (non-hydrogen) atoms. The van der Waals surface area contributed by atoms with Gasteiger partial charge in [0.05, 0.1) is 0 Å². The van der Waals surface area contributed by atoms with Crippen LogP contribution in [0, 0.1) is 11.3 Å². The fraction of sp³-hybridized carbons (Fsp3) is 0.938. The summed E-state index contributed by atoms with van der Waals surface area (Å²) in [6.07, 6.45) is 8.26. The van der Waals surface area contributed by atoms with Crippen molar-refractivity contribution in [3.05, 3.63) is 0 Å². The largest absolute Gasteiger partial charge is 0.356 e. The van der Waals surface area contributed by atoms with Gasteiger partial charge in [-0.3, -0.25) is 4.79 Å². The van der Waals surface area contributed by atoms with Crippen LogP contribution in [0.4, 0.5) is 0 Å². The molecule has 0 bridgehead atoms. The molecule has 1 aliphatic rings. The molecular weight excluding hydrogens is 236 g/mol. The molecule has 0 aromatic carbocycles. The van der Waals surface area contributed by atoms with Crippen LogP contribution < -0.4 is 10.6 Å². The number of hydrogen-bond acceptors (Lipinski definition) is 2. The molecule has 0 saturated carbocycles. The van der Waals surface area contributed by atoms with Crippen molar-refractivity contribution in [2.45, 2.75) is 65.7 Å². The van der Waals surface area contributed by atoms with Crippen LogP contribution >= 0.6 is 0 Å². The van der Waals surface area contributed by atoms with Crippen molar-refractivity contribution >= 4 is 5.91 Å². The Kier molecular flexibility index (Phi) is 7.44. The SMILES string of the molecule is CC(C)CCCCCCNC(=O)C1(C)CCNCC1. The topological polar surface area (TPSA) is 41.1 Å². The molecule has 2 N–H and O–H groups in total. The molecular formula is C16H32N2O. The van der Waals surface area contributed by atoms with Crippen molar-refractivity contribution in [2.24, 2.45) is 11.3 Å². The van der Waals surface area contributed by atoms with Crippen molar-refractivity contribution in [3.63, 3.8) is 0 Å². The van der Waals surface area contributed by atoms with Gasteiger partial charge in [0.1, 0.15) is 0 Å². The number of unbranched alkanes of at least 4 members (excludes halogenated alkanes) is 3. The average Bonchev–Trinajstić information content (AvgIpc) is 2.38. The molecule has 1 aliphatic heterocycles. The van der Waals surface area contributed by atoms with Crippen LogP contribution in [-0.4, -0.2) is 25.5 Å². The highest BCUT2D eigenvalue weighted by Gasteiger charge is 2.33. The second kappa shape index (κ2) is 8.57. The molecule has 0 aromatic rings. The third-order valence-corrected chi connectivity index (χ3v) is 4.25. The Morgan fingerprint density at radius 3 is 2.42 bits per heavy atom. The minimum atomic E-state index is -0.136. The monoisotopic (exact) mass is 268 g/mol. The molecule has 1 heterocycles. The van der Waals surface area contributed by atoms with E-state index in [0.29, 0.717) is 0 Å². The summed E-state index contributed by atoms with van der Waals surface area (Å²) in [5, 5.41) is 6.44. The molecule has 0 unspecified atom stereocenters. The number of piperidine rings is 1. The number of amides is 1. The van der Waals surface area contributed by atoms with Crippen LogP contribution in [0.15, 0.2) is 0 Å². The second-order valence-corrected chi connectivity index (χ2v) is 6.66. The van der Waals surface area contributed by atoms with E-state index in [9.17, 15) is 4.79 Å². The van der Waals surface area contributed by atoms with E-state index >= 15 is 0 Å². The smallest absolute Gasteiger partial charge is 0.226 e. The number of hydrogen-bond donors (Lipinski definition) is 2. The Labute approximate surface area is 118 Å². The minimum Gasteiger partial charge on any atom is -0.356 e. The lowest BCUT2D eigenvalue weighted by Crippen LogP contribution is -2.46. The second-order valence-electron chi connectivity index (χ2n) is 6.66. The fourth-order valence-corrected chi connectivity index (χ4v) is 2.65. The van der Waals surface area contributed by atoms with Crippen LogP contribution in [-0.2, 0) is 4.79 Å². The predicted molar refractivity (Wildman–Crippen MR) is 81.1 cm³/mol. The number of carbonyl (C=O) groups is 1. The fourth-order valence-electron chi connectivity index (χ4n) is 2.65. The van der Waals surface area contributed by atoms with Gasteiger partial charge in [0.2, 0.25) is 5.91 Å². The van der Waals surface area contributed by atoms with Crippen molar-refractivity contribution in [2.75, 3.05) is 19.6 Å². The molecule has 1 rings (SSSR count). The van der Waals surface area contributed by atoms with Crippen molar-refractivity contribution in [1.29, 1.82) is 0 Å². The maximum atomic E-state index is 12.2. The zero-order valence-electron chi connectivity index (χ0n) is 13.1. The summed E-state index contributed by atoms with van der Waals surface area (Å²) in [4.78, 5) is 12.2. The first-order valence-corrected chi connectivity index (χ1v) is 8.03. The summed E-state index contributed by atoms with van der Waals surface area (Å²) in [6, 6.07) is 0. The maximum absolute atomic E-state index is 12.2. The summed E-state index contributed by atoms with van der Waals surface area (Å²) in [5.74, 6) is 1.08. The highest BCUT2D eigenvalue weighted by Crippen LogP contribution is 2.27. The van der Waals surface area contributed by atoms with E-state index in [4.69, 9.17) is 0 Å². The number of rotatable bonds is 8. The lowest BCUT2D eigenvalue weighted by Gasteiger charge is -2.32. The maximum Gasteiger partial charge on any atom is 0.226 e. The van der Waals surface area contributed by atoms with Gasteiger partial charge >= 0.3 is 0 Å². The van der Waals surface area contributed by atoms with Crippen molar-refractivity contribution < 1.29 is 4.79 Å². The van der Waals surface area contributed by atoms with Crippen molar-refractivity contribution in [3.8, 4) is 0 Å². The Hall–Kier alpha value is -0.570. The molecule has 1 fully saturated rings. The summed E-state index contributed by atoms with van der Waals surface area (Å²) in [7, 11) is 0. The summed E-state index contributed by atoms with van der Waals surface area (Å²) in [6.45, 7) is 9.45. The summed E-state index contributed by atoms with van der Waals surface area (Å²) >= 11 is 0. The van der Waals surface area contributed by atoms with Gasteiger partial charge in [-0.15, -0.1) is 0 Å². The van der Waals surface area contributed by atoms with E-state index < -0.39 is 0 Å². The van der Waals surface area contributed by atoms with E-state index in [1.807, 2.05) is 0 Å². The predicted octanol–water partition coefficient (Wildman–Crippen LogP) is 3.10. The van der Waals surface area contributed by atoms with Gasteiger partial charge < -0.3 is 10.6 Å². The van der Waals surface area contributed by atoms with Gasteiger partial charge in [0.25, 0.3) is 0 Å². The van der Waals surface area contributed by atoms with Crippen LogP contribution in [0.2, 0.25) is 0 Å². The Morgan fingerprint density at radius 2 is 1.79 bits per heavy atom. The Bertz CT molecular complexity index is 257. The summed E-state index contributed by atoms with van der Waals surface area (Å²) < 4.78 is 0. The standard InChI is InChI=1S/C16H32N2O/c1-14(2)8-6-4-5-7-11-18-15(19)16(3)9-12-17-13-10-16/h14,17H,4-13H2,1-3H3,(H,18,19). The van der Waals surface area contributed by atoms with E-state index in [1.54, 1.807) is 0 Å². The first-order valence-electron chi connectivity index (χ1n) is 8.03. The third kappa shape index (κ3) is 6.42. The molecule has 1 saturated heterocycles. The number of nitrogens with one attached hydrogen (secondary N) is 2. The van der Waals surface area contributed by atoms with Gasteiger partial charge in [-0.1, -0.05) is 46.5 Å². The first-order chi connectivity index (χ1) is 9.04. The van der Waals surface area contributed by atoms with Crippen LogP contribution in [0.3, 0.4) is 0 Å². The molecule has 112 valence electrons. The van der Waals surface area contributed by atoms with Crippen LogP contribution in [0.5, 0.6) is 0 Å². The molecule has 0 aromatic heterocycles. The van der Waals surface area contributed by atoms with Crippen LogP contribution in [0.1, 0.15) is 65.7 Å². The van der Waals surface area contributed by atoms with E-state index in [2.05, 4.69) is 31.4 Å². The zero-order valence-corrected chi connectivity index (χ0v) is 13.1. The minimum absolute atomic E-state index is 0.136. The molecule has 3 nitrogen and oxygen atoms in total. The van der Waals surface area contributed by atoms with Gasteiger partial charge in [-0.2, -0.15) is 0 Å². The highest BCUT2D eigenvalue weighted by atomic mass is 16.2. The zero-order chi connectivity index (χ0) is 14.1. The Morgan fingerprint density at radius 1 is 1.16 bits per heavy atom. The Balaban J connectivity index is 2.04. The molecule has 0 spiro atoms. The average molecular weight is 268 g/mol. The normalized spacial score (nSPS) is 18.5. The third-order valence-electron chi connectivity index (χ3n) is 4.25. The molecule has 0 atom stereocenters. The van der Waals surface area contributed by atoms with Gasteiger partial charge in [0, 0.05) is 12.0 Å².